The zero-order valence-corrected chi connectivity index (χ0v) is 13.1. The summed E-state index contributed by atoms with van der Waals surface area (Å²) in [5.74, 6) is -0.666. The molecular weight excluding hydrogens is 308 g/mol. The minimum atomic E-state index is -0.419. The van der Waals surface area contributed by atoms with Crippen LogP contribution in [-0.2, 0) is 0 Å². The lowest BCUT2D eigenvalue weighted by molar-refractivity contribution is 0.0656. The summed E-state index contributed by atoms with van der Waals surface area (Å²) >= 11 is 0. The fraction of sp³-hybridized carbons (Fsp3) is 0.176. The molecule has 0 atom stereocenters. The normalized spacial score (nSPS) is 13.0. The van der Waals surface area contributed by atoms with Crippen LogP contribution in [0.15, 0.2) is 42.6 Å². The van der Waals surface area contributed by atoms with Crippen LogP contribution in [0, 0.1) is 6.92 Å². The predicted molar refractivity (Wildman–Crippen MR) is 87.8 cm³/mol. The van der Waals surface area contributed by atoms with E-state index in [9.17, 15) is 14.4 Å². The molecule has 0 spiro atoms. The maximum Gasteiger partial charge on any atom is 0.319 e. The highest BCUT2D eigenvalue weighted by Gasteiger charge is 2.34. The Bertz CT molecular complexity index is 767. The van der Waals surface area contributed by atoms with Gasteiger partial charge in [-0.15, -0.1) is 0 Å². The monoisotopic (exact) mass is 324 g/mol. The smallest absolute Gasteiger partial charge is 0.319 e. The molecule has 122 valence electrons. The number of anilines is 1. The molecule has 1 aliphatic heterocycles. The number of rotatable bonds is 4. The summed E-state index contributed by atoms with van der Waals surface area (Å²) in [7, 11) is 0. The summed E-state index contributed by atoms with van der Waals surface area (Å²) in [4.78, 5) is 41.4. The number of aryl methyl sites for hydroxylation is 1. The summed E-state index contributed by atoms with van der Waals surface area (Å²) in [6.07, 6.45) is 1.55. The second-order valence-corrected chi connectivity index (χ2v) is 5.38. The number of benzene rings is 1. The van der Waals surface area contributed by atoms with Crippen LogP contribution < -0.4 is 10.6 Å². The van der Waals surface area contributed by atoms with E-state index < -0.39 is 6.03 Å². The van der Waals surface area contributed by atoms with Gasteiger partial charge in [-0.25, -0.2) is 4.79 Å². The molecule has 7 nitrogen and oxygen atoms in total. The molecule has 0 saturated carbocycles. The first-order valence-corrected chi connectivity index (χ1v) is 7.49. The zero-order valence-electron chi connectivity index (χ0n) is 13.1. The van der Waals surface area contributed by atoms with Crippen molar-refractivity contribution >= 4 is 23.5 Å². The summed E-state index contributed by atoms with van der Waals surface area (Å²) in [5.41, 5.74) is 2.22. The van der Waals surface area contributed by atoms with Crippen molar-refractivity contribution in [2.45, 2.75) is 6.92 Å². The molecule has 24 heavy (non-hydrogen) atoms. The van der Waals surface area contributed by atoms with Crippen LogP contribution in [0.2, 0.25) is 0 Å². The maximum absolute atomic E-state index is 12.2. The molecule has 1 aromatic carbocycles. The lowest BCUT2D eigenvalue weighted by Crippen LogP contribution is -2.39. The molecule has 1 aliphatic rings. The Morgan fingerprint density at radius 2 is 1.75 bits per heavy atom. The second-order valence-electron chi connectivity index (χ2n) is 5.38. The third-order valence-electron chi connectivity index (χ3n) is 3.67. The van der Waals surface area contributed by atoms with Gasteiger partial charge in [0.25, 0.3) is 11.8 Å². The van der Waals surface area contributed by atoms with Crippen molar-refractivity contribution < 1.29 is 14.4 Å². The summed E-state index contributed by atoms with van der Waals surface area (Å²) < 4.78 is 0. The van der Waals surface area contributed by atoms with Crippen LogP contribution in [0.25, 0.3) is 0 Å². The summed E-state index contributed by atoms with van der Waals surface area (Å²) in [5, 5.41) is 5.25. The molecule has 0 bridgehead atoms. The maximum atomic E-state index is 12.2. The van der Waals surface area contributed by atoms with Crippen LogP contribution in [-0.4, -0.2) is 40.8 Å². The van der Waals surface area contributed by atoms with Gasteiger partial charge in [0, 0.05) is 18.8 Å². The van der Waals surface area contributed by atoms with E-state index in [1.807, 2.05) is 6.92 Å². The fourth-order valence-electron chi connectivity index (χ4n) is 2.44. The van der Waals surface area contributed by atoms with Crippen LogP contribution in [0.1, 0.15) is 26.4 Å². The molecule has 2 N–H and O–H groups in total. The third-order valence-corrected chi connectivity index (χ3v) is 3.67. The Labute approximate surface area is 138 Å². The van der Waals surface area contributed by atoms with Gasteiger partial charge in [-0.05, 0) is 31.2 Å². The van der Waals surface area contributed by atoms with E-state index in [1.54, 1.807) is 42.6 Å². The number of nitrogens with zero attached hydrogens (tertiary/aromatic N) is 2. The van der Waals surface area contributed by atoms with Crippen LogP contribution in [0.3, 0.4) is 0 Å². The molecule has 0 radical (unpaired) electrons. The van der Waals surface area contributed by atoms with Gasteiger partial charge in [0.1, 0.15) is 0 Å². The Morgan fingerprint density at radius 1 is 1.08 bits per heavy atom. The Balaban J connectivity index is 1.52. The van der Waals surface area contributed by atoms with Crippen molar-refractivity contribution in [3.8, 4) is 0 Å². The molecule has 3 rings (SSSR count). The number of hydrogen-bond donors (Lipinski definition) is 2. The van der Waals surface area contributed by atoms with E-state index >= 15 is 0 Å². The molecule has 0 unspecified atom stereocenters. The minimum absolute atomic E-state index is 0.117. The van der Waals surface area contributed by atoms with Crippen LogP contribution in [0.5, 0.6) is 0 Å². The Kier molecular flexibility index (Phi) is 4.24. The van der Waals surface area contributed by atoms with Gasteiger partial charge in [-0.2, -0.15) is 0 Å². The molecule has 2 heterocycles. The first kappa shape index (κ1) is 15.7. The number of fused-ring (bicyclic) bond motifs is 1. The van der Waals surface area contributed by atoms with E-state index in [4.69, 9.17) is 0 Å². The summed E-state index contributed by atoms with van der Waals surface area (Å²) in [6, 6.07) is 9.79. The molecule has 0 saturated heterocycles. The van der Waals surface area contributed by atoms with Crippen molar-refractivity contribution in [1.29, 1.82) is 0 Å². The summed E-state index contributed by atoms with van der Waals surface area (Å²) in [6.45, 7) is 2.13. The van der Waals surface area contributed by atoms with Crippen molar-refractivity contribution in [1.82, 2.24) is 15.2 Å². The third kappa shape index (κ3) is 3.10. The van der Waals surface area contributed by atoms with E-state index in [0.29, 0.717) is 16.8 Å². The second kappa shape index (κ2) is 6.49. The van der Waals surface area contributed by atoms with Gasteiger partial charge in [0.05, 0.1) is 23.0 Å². The number of amides is 4. The molecule has 4 amide bonds. The number of pyridine rings is 1. The number of urea groups is 1. The average molecular weight is 324 g/mol. The largest absolute Gasteiger partial charge is 0.336 e. The molecule has 0 aliphatic carbocycles. The van der Waals surface area contributed by atoms with Gasteiger partial charge in [0.15, 0.2) is 0 Å². The van der Waals surface area contributed by atoms with Crippen molar-refractivity contribution in [3.63, 3.8) is 0 Å². The van der Waals surface area contributed by atoms with Gasteiger partial charge in [-0.1, -0.05) is 12.1 Å². The molecule has 7 heteroatoms. The number of imide groups is 1. The van der Waals surface area contributed by atoms with Crippen LogP contribution in [0.4, 0.5) is 10.5 Å². The molecular formula is C17H16N4O3. The lowest BCUT2D eigenvalue weighted by Gasteiger charge is -2.14. The standard InChI is InChI=1S/C17H16N4O3/c1-11-6-7-12(10-19-11)20-17(24)18-8-9-21-15(22)13-4-2-3-5-14(13)16(21)23/h2-7,10H,8-9H2,1H3,(H2,18,20,24). The highest BCUT2D eigenvalue weighted by Crippen LogP contribution is 2.21. The van der Waals surface area contributed by atoms with Crippen LogP contribution >= 0.6 is 0 Å². The number of carbonyl (C=O) groups excluding carboxylic acids is 3. The van der Waals surface area contributed by atoms with Gasteiger partial charge < -0.3 is 10.6 Å². The van der Waals surface area contributed by atoms with E-state index in [1.165, 1.54) is 0 Å². The lowest BCUT2D eigenvalue weighted by atomic mass is 10.1. The van der Waals surface area contributed by atoms with Gasteiger partial charge in [0.2, 0.25) is 0 Å². The van der Waals surface area contributed by atoms with Gasteiger partial charge >= 0.3 is 6.03 Å². The molecule has 2 aromatic rings. The molecule has 1 aromatic heterocycles. The average Bonchev–Trinajstić information content (AvgIpc) is 2.82. The fourth-order valence-corrected chi connectivity index (χ4v) is 2.44. The van der Waals surface area contributed by atoms with Crippen molar-refractivity contribution in [2.24, 2.45) is 0 Å². The molecule has 0 fully saturated rings. The highest BCUT2D eigenvalue weighted by atomic mass is 16.2. The van der Waals surface area contributed by atoms with Crippen molar-refractivity contribution in [2.75, 3.05) is 18.4 Å². The number of hydrogen-bond acceptors (Lipinski definition) is 4. The topological polar surface area (TPSA) is 91.4 Å². The van der Waals surface area contributed by atoms with Crippen molar-refractivity contribution in [3.05, 3.63) is 59.4 Å². The SMILES string of the molecule is Cc1ccc(NC(=O)NCCN2C(=O)c3ccccc3C2=O)cn1. The first-order valence-electron chi connectivity index (χ1n) is 7.49. The minimum Gasteiger partial charge on any atom is -0.336 e. The zero-order chi connectivity index (χ0) is 17.1. The van der Waals surface area contributed by atoms with E-state index in [2.05, 4.69) is 15.6 Å². The Hall–Kier alpha value is -3.22. The number of nitrogens with one attached hydrogen (secondary N) is 2. The number of aromatic nitrogens is 1. The Morgan fingerprint density at radius 3 is 2.33 bits per heavy atom. The highest BCUT2D eigenvalue weighted by molar-refractivity contribution is 6.21. The first-order chi connectivity index (χ1) is 11.6. The van der Waals surface area contributed by atoms with E-state index in [-0.39, 0.29) is 24.9 Å². The van der Waals surface area contributed by atoms with Gasteiger partial charge in [-0.3, -0.25) is 19.5 Å². The van der Waals surface area contributed by atoms with E-state index in [0.717, 1.165) is 10.6 Å². The number of carbonyl (C=O) groups is 3. The predicted octanol–water partition coefficient (Wildman–Crippen LogP) is 1.81. The quantitative estimate of drug-likeness (QED) is 0.839.